The molecule has 1 aromatic heterocycles. The molecule has 2 rings (SSSR count). The number of ether oxygens (including phenoxy) is 1. The fraction of sp³-hybridized carbons (Fsp3) is 0.417. The molecule has 0 aliphatic rings. The van der Waals surface area contributed by atoms with Crippen LogP contribution >= 0.6 is 0 Å². The van der Waals surface area contributed by atoms with E-state index in [1.54, 1.807) is 7.11 Å². The number of methoxy groups -OCH3 is 1. The Morgan fingerprint density at radius 1 is 1.38 bits per heavy atom. The summed E-state index contributed by atoms with van der Waals surface area (Å²) in [6.45, 7) is 4.58. The van der Waals surface area contributed by atoms with Crippen LogP contribution in [0.4, 0.5) is 5.69 Å². The number of nitrogens with zero attached hydrogens (tertiary/aromatic N) is 1. The average Bonchev–Trinajstić information content (AvgIpc) is 2.68. The zero-order chi connectivity index (χ0) is 11.7. The van der Waals surface area contributed by atoms with Gasteiger partial charge in [0.05, 0.1) is 12.3 Å². The Balaban J connectivity index is 2.52. The maximum atomic E-state index is 5.96. The average molecular weight is 220 g/mol. The molecule has 4 heteroatoms. The van der Waals surface area contributed by atoms with Crippen LogP contribution in [0.15, 0.2) is 10.5 Å². The molecule has 4 nitrogen and oxygen atoms in total. The molecular weight excluding hydrogens is 204 g/mol. The van der Waals surface area contributed by atoms with E-state index in [1.165, 1.54) is 0 Å². The van der Waals surface area contributed by atoms with Gasteiger partial charge in [-0.1, -0.05) is 6.07 Å². The van der Waals surface area contributed by atoms with Crippen molar-refractivity contribution in [2.75, 3.05) is 19.5 Å². The standard InChI is InChI=1S/C12H16N2O2/c1-7-6-8(2)11-12(10(7)13)16-9(14-11)4-5-15-3/h6H,4-5,13H2,1-3H3. The summed E-state index contributed by atoms with van der Waals surface area (Å²) in [6, 6.07) is 2.03. The number of benzene rings is 1. The molecular formula is C12H16N2O2. The fourth-order valence-corrected chi connectivity index (χ4v) is 1.76. The Morgan fingerprint density at radius 2 is 2.12 bits per heavy atom. The SMILES string of the molecule is COCCc1nc2c(C)cc(C)c(N)c2o1. The molecule has 0 aliphatic carbocycles. The molecule has 0 spiro atoms. The highest BCUT2D eigenvalue weighted by atomic mass is 16.5. The van der Waals surface area contributed by atoms with Crippen molar-refractivity contribution in [3.05, 3.63) is 23.1 Å². The molecule has 0 radical (unpaired) electrons. The van der Waals surface area contributed by atoms with Crippen LogP contribution in [0.3, 0.4) is 0 Å². The highest BCUT2D eigenvalue weighted by Gasteiger charge is 2.12. The third-order valence-electron chi connectivity index (χ3n) is 2.67. The van der Waals surface area contributed by atoms with E-state index in [0.29, 0.717) is 30.2 Å². The second-order valence-corrected chi connectivity index (χ2v) is 3.95. The van der Waals surface area contributed by atoms with E-state index in [4.69, 9.17) is 14.9 Å². The summed E-state index contributed by atoms with van der Waals surface area (Å²) < 4.78 is 10.6. The largest absolute Gasteiger partial charge is 0.438 e. The van der Waals surface area contributed by atoms with Gasteiger partial charge in [0.25, 0.3) is 0 Å². The first kappa shape index (κ1) is 11.0. The molecule has 2 N–H and O–H groups in total. The van der Waals surface area contributed by atoms with Gasteiger partial charge < -0.3 is 14.9 Å². The van der Waals surface area contributed by atoms with Gasteiger partial charge in [-0.05, 0) is 25.0 Å². The monoisotopic (exact) mass is 220 g/mol. The first-order valence-corrected chi connectivity index (χ1v) is 5.27. The summed E-state index contributed by atoms with van der Waals surface area (Å²) in [5.41, 5.74) is 10.3. The second kappa shape index (κ2) is 4.14. The van der Waals surface area contributed by atoms with Gasteiger partial charge in [0.15, 0.2) is 11.5 Å². The van der Waals surface area contributed by atoms with Gasteiger partial charge in [-0.3, -0.25) is 0 Å². The van der Waals surface area contributed by atoms with E-state index in [-0.39, 0.29) is 0 Å². The third kappa shape index (κ3) is 1.76. The number of rotatable bonds is 3. The molecule has 1 heterocycles. The molecule has 0 amide bonds. The number of nitrogens with two attached hydrogens (primary N) is 1. The second-order valence-electron chi connectivity index (χ2n) is 3.95. The molecule has 0 aliphatic heterocycles. The number of nitrogen functional groups attached to an aromatic ring is 1. The molecule has 0 saturated heterocycles. The molecule has 0 fully saturated rings. The normalized spacial score (nSPS) is 11.2. The van der Waals surface area contributed by atoms with Crippen LogP contribution in [0, 0.1) is 13.8 Å². The first-order valence-electron chi connectivity index (χ1n) is 5.27. The Hall–Kier alpha value is -1.55. The number of hydrogen-bond donors (Lipinski definition) is 1. The molecule has 86 valence electrons. The number of fused-ring (bicyclic) bond motifs is 1. The van der Waals surface area contributed by atoms with Crippen molar-refractivity contribution in [3.8, 4) is 0 Å². The van der Waals surface area contributed by atoms with E-state index >= 15 is 0 Å². The van der Waals surface area contributed by atoms with E-state index in [1.807, 2.05) is 19.9 Å². The lowest BCUT2D eigenvalue weighted by molar-refractivity contribution is 0.196. The third-order valence-corrected chi connectivity index (χ3v) is 2.67. The minimum atomic E-state index is 0.602. The van der Waals surface area contributed by atoms with Crippen molar-refractivity contribution in [2.45, 2.75) is 20.3 Å². The van der Waals surface area contributed by atoms with E-state index in [0.717, 1.165) is 16.6 Å². The number of aryl methyl sites for hydroxylation is 2. The van der Waals surface area contributed by atoms with Gasteiger partial charge in [0, 0.05) is 13.5 Å². The Kier molecular flexibility index (Phi) is 2.83. The van der Waals surface area contributed by atoms with Crippen LogP contribution in [0.5, 0.6) is 0 Å². The summed E-state index contributed by atoms with van der Waals surface area (Å²) >= 11 is 0. The molecule has 0 bridgehead atoms. The summed E-state index contributed by atoms with van der Waals surface area (Å²) in [6.07, 6.45) is 0.670. The number of aromatic nitrogens is 1. The molecule has 0 unspecified atom stereocenters. The van der Waals surface area contributed by atoms with Crippen molar-refractivity contribution in [2.24, 2.45) is 0 Å². The fourth-order valence-electron chi connectivity index (χ4n) is 1.76. The highest BCUT2D eigenvalue weighted by Crippen LogP contribution is 2.28. The smallest absolute Gasteiger partial charge is 0.197 e. The van der Waals surface area contributed by atoms with Gasteiger partial charge in [-0.25, -0.2) is 4.98 Å². The lowest BCUT2D eigenvalue weighted by atomic mass is 10.1. The predicted octanol–water partition coefficient (Wildman–Crippen LogP) is 2.22. The summed E-state index contributed by atoms with van der Waals surface area (Å²) in [7, 11) is 1.66. The maximum Gasteiger partial charge on any atom is 0.197 e. The number of hydrogen-bond acceptors (Lipinski definition) is 4. The van der Waals surface area contributed by atoms with Crippen molar-refractivity contribution in [3.63, 3.8) is 0 Å². The maximum absolute atomic E-state index is 5.96. The number of oxazole rings is 1. The summed E-state index contributed by atoms with van der Waals surface area (Å²) in [5.74, 6) is 0.678. The van der Waals surface area contributed by atoms with E-state index in [9.17, 15) is 0 Å². The minimum absolute atomic E-state index is 0.602. The van der Waals surface area contributed by atoms with Crippen molar-refractivity contribution in [1.29, 1.82) is 0 Å². The van der Waals surface area contributed by atoms with Gasteiger partial charge in [-0.2, -0.15) is 0 Å². The molecule has 0 saturated carbocycles. The molecule has 0 atom stereocenters. The predicted molar refractivity (Wildman–Crippen MR) is 63.5 cm³/mol. The van der Waals surface area contributed by atoms with Crippen LogP contribution in [0.1, 0.15) is 17.0 Å². The van der Waals surface area contributed by atoms with Crippen LogP contribution in [0.2, 0.25) is 0 Å². The highest BCUT2D eigenvalue weighted by molar-refractivity contribution is 5.89. The zero-order valence-corrected chi connectivity index (χ0v) is 9.83. The molecule has 1 aromatic carbocycles. The number of anilines is 1. The van der Waals surface area contributed by atoms with Crippen LogP contribution < -0.4 is 5.73 Å². The lowest BCUT2D eigenvalue weighted by Gasteiger charge is -2.01. The van der Waals surface area contributed by atoms with Gasteiger partial charge in [-0.15, -0.1) is 0 Å². The minimum Gasteiger partial charge on any atom is -0.438 e. The Morgan fingerprint density at radius 3 is 2.81 bits per heavy atom. The van der Waals surface area contributed by atoms with Gasteiger partial charge in [0.2, 0.25) is 0 Å². The van der Waals surface area contributed by atoms with Crippen molar-refractivity contribution >= 4 is 16.8 Å². The van der Waals surface area contributed by atoms with Gasteiger partial charge >= 0.3 is 0 Å². The van der Waals surface area contributed by atoms with E-state index in [2.05, 4.69) is 4.98 Å². The molecule has 2 aromatic rings. The van der Waals surface area contributed by atoms with Crippen LogP contribution in [0.25, 0.3) is 11.1 Å². The zero-order valence-electron chi connectivity index (χ0n) is 9.83. The lowest BCUT2D eigenvalue weighted by Crippen LogP contribution is -1.93. The Labute approximate surface area is 94.4 Å². The van der Waals surface area contributed by atoms with Crippen LogP contribution in [-0.2, 0) is 11.2 Å². The van der Waals surface area contributed by atoms with Crippen molar-refractivity contribution in [1.82, 2.24) is 4.98 Å². The van der Waals surface area contributed by atoms with Gasteiger partial charge in [0.1, 0.15) is 5.52 Å². The summed E-state index contributed by atoms with van der Waals surface area (Å²) in [5, 5.41) is 0. The van der Waals surface area contributed by atoms with E-state index < -0.39 is 0 Å². The summed E-state index contributed by atoms with van der Waals surface area (Å²) in [4.78, 5) is 4.43. The quantitative estimate of drug-likeness (QED) is 0.805. The molecule has 16 heavy (non-hydrogen) atoms. The van der Waals surface area contributed by atoms with Crippen LogP contribution in [-0.4, -0.2) is 18.7 Å². The first-order chi connectivity index (χ1) is 7.63. The van der Waals surface area contributed by atoms with Crippen molar-refractivity contribution < 1.29 is 9.15 Å². The topological polar surface area (TPSA) is 61.3 Å². The Bertz CT molecular complexity index is 517.